The predicted molar refractivity (Wildman–Crippen MR) is 138 cm³/mol. The molecule has 0 aliphatic carbocycles. The molecule has 172 valence electrons. The van der Waals surface area contributed by atoms with Crippen LogP contribution in [-0.2, 0) is 6.54 Å². The van der Waals surface area contributed by atoms with Crippen molar-refractivity contribution in [2.75, 3.05) is 26.7 Å². The Bertz CT molecular complexity index is 793. The largest absolute Gasteiger partial charge is 0.355 e. The van der Waals surface area contributed by atoms with Gasteiger partial charge in [-0.2, -0.15) is 0 Å². The van der Waals surface area contributed by atoms with Crippen LogP contribution in [0, 0.1) is 12.8 Å². The van der Waals surface area contributed by atoms with Gasteiger partial charge in [0.05, 0.1) is 0 Å². The Morgan fingerprint density at radius 3 is 2.39 bits per heavy atom. The zero-order chi connectivity index (χ0) is 21.3. The molecule has 0 amide bonds. The van der Waals surface area contributed by atoms with Gasteiger partial charge in [0.25, 0.3) is 0 Å². The molecule has 1 atom stereocenters. The molecule has 0 radical (unpaired) electrons. The van der Waals surface area contributed by atoms with Gasteiger partial charge in [0, 0.05) is 44.8 Å². The van der Waals surface area contributed by atoms with Crippen LogP contribution in [-0.4, -0.2) is 58.1 Å². The normalized spacial score (nSPS) is 16.5. The lowest BCUT2D eigenvalue weighted by Crippen LogP contribution is -2.49. The zero-order valence-electron chi connectivity index (χ0n) is 19.3. The van der Waals surface area contributed by atoms with Gasteiger partial charge in [0.15, 0.2) is 5.96 Å². The van der Waals surface area contributed by atoms with Crippen molar-refractivity contribution in [3.8, 4) is 5.82 Å². The lowest BCUT2D eigenvalue weighted by Gasteiger charge is -2.34. The smallest absolute Gasteiger partial charge is 0.191 e. The highest BCUT2D eigenvalue weighted by atomic mass is 127. The number of hydrogen-bond donors (Lipinski definition) is 2. The second-order valence-electron chi connectivity index (χ2n) is 8.44. The summed E-state index contributed by atoms with van der Waals surface area (Å²) in [6, 6.07) is 4.65. The van der Waals surface area contributed by atoms with Gasteiger partial charge in [-0.15, -0.1) is 24.0 Å². The second kappa shape index (κ2) is 13.0. The summed E-state index contributed by atoms with van der Waals surface area (Å²) in [5, 5.41) is 6.97. The fourth-order valence-corrected chi connectivity index (χ4v) is 4.10. The molecule has 31 heavy (non-hydrogen) atoms. The first-order valence-electron chi connectivity index (χ1n) is 11.2. The number of aromatic nitrogens is 3. The Kier molecular flexibility index (Phi) is 10.7. The monoisotopic (exact) mass is 539 g/mol. The highest BCUT2D eigenvalue weighted by Crippen LogP contribution is 2.17. The van der Waals surface area contributed by atoms with Crippen LogP contribution in [0.15, 0.2) is 35.7 Å². The third kappa shape index (κ3) is 7.45. The van der Waals surface area contributed by atoms with E-state index < -0.39 is 0 Å². The van der Waals surface area contributed by atoms with Crippen molar-refractivity contribution in [3.05, 3.63) is 42.1 Å². The summed E-state index contributed by atoms with van der Waals surface area (Å²) in [5.41, 5.74) is 1.12. The van der Waals surface area contributed by atoms with Crippen molar-refractivity contribution in [2.24, 2.45) is 10.9 Å². The highest BCUT2D eigenvalue weighted by Gasteiger charge is 2.22. The van der Waals surface area contributed by atoms with Gasteiger partial charge >= 0.3 is 0 Å². The quantitative estimate of drug-likeness (QED) is 0.319. The maximum atomic E-state index is 4.57. The molecule has 0 saturated carbocycles. The van der Waals surface area contributed by atoms with Gasteiger partial charge in [-0.1, -0.05) is 32.8 Å². The van der Waals surface area contributed by atoms with Crippen molar-refractivity contribution in [3.63, 3.8) is 0 Å². The Morgan fingerprint density at radius 1 is 1.10 bits per heavy atom. The molecule has 1 unspecified atom stereocenters. The van der Waals surface area contributed by atoms with E-state index in [4.69, 9.17) is 0 Å². The van der Waals surface area contributed by atoms with Crippen LogP contribution in [0.5, 0.6) is 0 Å². The Balaban J connectivity index is 0.00000341. The lowest BCUT2D eigenvalue weighted by atomic mass is 10.0. The lowest BCUT2D eigenvalue weighted by molar-refractivity contribution is 0.161. The molecular weight excluding hydrogens is 501 g/mol. The van der Waals surface area contributed by atoms with Crippen molar-refractivity contribution in [1.82, 2.24) is 30.1 Å². The number of aliphatic imine (C=N–C) groups is 1. The number of hydrogen-bond acceptors (Lipinski definition) is 4. The minimum Gasteiger partial charge on any atom is -0.355 e. The maximum absolute atomic E-state index is 4.57. The van der Waals surface area contributed by atoms with Crippen LogP contribution >= 0.6 is 24.0 Å². The van der Waals surface area contributed by atoms with Crippen LogP contribution in [0.25, 0.3) is 5.82 Å². The van der Waals surface area contributed by atoms with Crippen molar-refractivity contribution < 1.29 is 0 Å². The summed E-state index contributed by atoms with van der Waals surface area (Å²) in [7, 11) is 1.83. The molecule has 3 rings (SSSR count). The third-order valence-corrected chi connectivity index (χ3v) is 5.92. The zero-order valence-corrected chi connectivity index (χ0v) is 21.7. The van der Waals surface area contributed by atoms with E-state index in [2.05, 4.69) is 50.4 Å². The van der Waals surface area contributed by atoms with E-state index in [9.17, 15) is 0 Å². The average molecular weight is 540 g/mol. The van der Waals surface area contributed by atoms with Crippen molar-refractivity contribution in [2.45, 2.75) is 59.0 Å². The van der Waals surface area contributed by atoms with Gasteiger partial charge < -0.3 is 10.6 Å². The summed E-state index contributed by atoms with van der Waals surface area (Å²) in [4.78, 5) is 15.9. The molecule has 7 nitrogen and oxygen atoms in total. The minimum absolute atomic E-state index is 0. The number of rotatable bonds is 7. The van der Waals surface area contributed by atoms with E-state index in [1.54, 1.807) is 6.20 Å². The van der Waals surface area contributed by atoms with E-state index in [1.807, 2.05) is 37.0 Å². The molecule has 1 aliphatic heterocycles. The third-order valence-electron chi connectivity index (χ3n) is 5.92. The predicted octanol–water partition coefficient (Wildman–Crippen LogP) is 3.76. The molecule has 1 aliphatic rings. The number of halogens is 1. The number of likely N-dealkylation sites (tertiary alicyclic amines) is 1. The summed E-state index contributed by atoms with van der Waals surface area (Å²) in [6.07, 6.45) is 11.0. The van der Waals surface area contributed by atoms with Crippen LogP contribution < -0.4 is 10.6 Å². The molecule has 3 heterocycles. The summed E-state index contributed by atoms with van der Waals surface area (Å²) < 4.78 is 1.98. The van der Waals surface area contributed by atoms with Crippen LogP contribution in [0.3, 0.4) is 0 Å². The first kappa shape index (κ1) is 25.6. The number of imidazole rings is 1. The van der Waals surface area contributed by atoms with E-state index in [1.165, 1.54) is 38.8 Å². The molecule has 1 saturated heterocycles. The first-order valence-corrected chi connectivity index (χ1v) is 11.2. The average Bonchev–Trinajstić information content (AvgIpc) is 3.00. The first-order chi connectivity index (χ1) is 14.6. The van der Waals surface area contributed by atoms with Gasteiger partial charge in [0.1, 0.15) is 11.6 Å². The van der Waals surface area contributed by atoms with Gasteiger partial charge in [-0.3, -0.25) is 14.5 Å². The van der Waals surface area contributed by atoms with Crippen molar-refractivity contribution in [1.29, 1.82) is 0 Å². The van der Waals surface area contributed by atoms with E-state index in [0.29, 0.717) is 18.5 Å². The van der Waals surface area contributed by atoms with Crippen LogP contribution in [0.1, 0.15) is 50.9 Å². The summed E-state index contributed by atoms with van der Waals surface area (Å²) in [6.45, 7) is 10.6. The van der Waals surface area contributed by atoms with E-state index >= 15 is 0 Å². The molecule has 1 fully saturated rings. The van der Waals surface area contributed by atoms with Gasteiger partial charge in [-0.25, -0.2) is 9.97 Å². The molecule has 2 N–H and O–H groups in total. The molecular formula is C23H38IN7. The van der Waals surface area contributed by atoms with Gasteiger partial charge in [-0.05, 0) is 50.4 Å². The highest BCUT2D eigenvalue weighted by molar-refractivity contribution is 14.0. The summed E-state index contributed by atoms with van der Waals surface area (Å²) in [5.74, 6) is 3.26. The van der Waals surface area contributed by atoms with E-state index in [-0.39, 0.29) is 24.0 Å². The second-order valence-corrected chi connectivity index (χ2v) is 8.44. The number of nitrogens with zero attached hydrogens (tertiary/aromatic N) is 5. The summed E-state index contributed by atoms with van der Waals surface area (Å²) >= 11 is 0. The van der Waals surface area contributed by atoms with Crippen molar-refractivity contribution >= 4 is 29.9 Å². The SMILES string of the molecule is CN=C(NCc1ccc(-n2ccnc2C)nc1)NCC(C(C)C)N1CCCCCC1.I. The van der Waals surface area contributed by atoms with Crippen LogP contribution in [0.2, 0.25) is 0 Å². The fraction of sp³-hybridized carbons (Fsp3) is 0.609. The number of nitrogens with one attached hydrogen (secondary N) is 2. The topological polar surface area (TPSA) is 70.4 Å². The molecule has 0 aromatic carbocycles. The molecule has 2 aromatic heterocycles. The van der Waals surface area contributed by atoms with Gasteiger partial charge in [0.2, 0.25) is 0 Å². The van der Waals surface area contributed by atoms with Crippen LogP contribution in [0.4, 0.5) is 0 Å². The number of guanidine groups is 1. The molecule has 0 spiro atoms. The molecule has 8 heteroatoms. The Labute approximate surface area is 204 Å². The Hall–Kier alpha value is -1.68. The fourth-order valence-electron chi connectivity index (χ4n) is 4.10. The molecule has 0 bridgehead atoms. The number of pyridine rings is 1. The minimum atomic E-state index is 0. The molecule has 2 aromatic rings. The maximum Gasteiger partial charge on any atom is 0.191 e. The van der Waals surface area contributed by atoms with E-state index in [0.717, 1.165) is 29.7 Å². The Morgan fingerprint density at radius 2 is 1.84 bits per heavy atom. The number of aryl methyl sites for hydroxylation is 1. The standard InChI is InChI=1S/C23H37N7.HI/c1-18(2)21(29-12-7-5-6-8-13-29)17-28-23(24-4)27-16-20-9-10-22(26-15-20)30-14-11-25-19(30)3;/h9-11,14-15,18,21H,5-8,12-13,16-17H2,1-4H3,(H2,24,27,28);1H.